The Morgan fingerprint density at radius 1 is 0.277 bits per heavy atom. The van der Waals surface area contributed by atoms with Crippen LogP contribution in [0.5, 0.6) is 0 Å². The molecule has 0 atom stereocenters. The minimum absolute atomic E-state index is 0.897. The average Bonchev–Trinajstić information content (AvgIpc) is 3.53. The van der Waals surface area contributed by atoms with Crippen molar-refractivity contribution in [2.75, 3.05) is 9.80 Å². The maximum atomic E-state index is 6.93. The molecule has 1 heterocycles. The van der Waals surface area contributed by atoms with Crippen molar-refractivity contribution in [3.8, 4) is 0 Å². The fourth-order valence-electron chi connectivity index (χ4n) is 6.91. The fourth-order valence-corrected chi connectivity index (χ4v) is 6.91. The summed E-state index contributed by atoms with van der Waals surface area (Å²) in [5.41, 5.74) is 8.39. The molecule has 0 aliphatic rings. The molecule has 0 fully saturated rings. The number of para-hydroxylation sites is 4. The number of hydrogen-bond donors (Lipinski definition) is 0. The van der Waals surface area contributed by atoms with Crippen molar-refractivity contribution in [3.63, 3.8) is 0 Å². The maximum absolute atomic E-state index is 6.93. The molecule has 9 aromatic rings. The van der Waals surface area contributed by atoms with Gasteiger partial charge in [-0.3, -0.25) is 0 Å². The molecule has 3 heteroatoms. The first-order valence-electron chi connectivity index (χ1n) is 16.0. The Morgan fingerprint density at radius 3 is 0.872 bits per heavy atom. The summed E-state index contributed by atoms with van der Waals surface area (Å²) in [6.07, 6.45) is 0. The number of rotatable bonds is 6. The second-order valence-electron chi connectivity index (χ2n) is 11.8. The van der Waals surface area contributed by atoms with Gasteiger partial charge in [-0.05, 0) is 60.7 Å². The molecule has 8 aromatic carbocycles. The molecule has 0 bridgehead atoms. The smallest absolute Gasteiger partial charge is 0.143 e. The lowest BCUT2D eigenvalue weighted by atomic mass is 9.99. The third kappa shape index (κ3) is 4.52. The minimum atomic E-state index is 0.897. The number of benzene rings is 8. The van der Waals surface area contributed by atoms with Gasteiger partial charge >= 0.3 is 0 Å². The van der Waals surface area contributed by atoms with Crippen molar-refractivity contribution < 1.29 is 4.42 Å². The van der Waals surface area contributed by atoms with E-state index < -0.39 is 0 Å². The molecule has 0 aliphatic heterocycles. The van der Waals surface area contributed by atoms with Gasteiger partial charge in [0, 0.05) is 55.1 Å². The van der Waals surface area contributed by atoms with Crippen LogP contribution in [0.25, 0.3) is 43.5 Å². The summed E-state index contributed by atoms with van der Waals surface area (Å²) in [6, 6.07) is 64.2. The number of fused-ring (bicyclic) bond motifs is 7. The van der Waals surface area contributed by atoms with E-state index in [1.807, 2.05) is 0 Å². The van der Waals surface area contributed by atoms with Gasteiger partial charge in [0.05, 0.1) is 11.4 Å². The highest BCUT2D eigenvalue weighted by atomic mass is 16.3. The summed E-state index contributed by atoms with van der Waals surface area (Å²) in [4.78, 5) is 4.70. The molecule has 0 saturated carbocycles. The van der Waals surface area contributed by atoms with Crippen molar-refractivity contribution in [3.05, 3.63) is 182 Å². The summed E-state index contributed by atoms with van der Waals surface area (Å²) in [7, 11) is 0. The van der Waals surface area contributed by atoms with Crippen LogP contribution in [-0.2, 0) is 0 Å². The quantitative estimate of drug-likeness (QED) is 0.189. The predicted molar refractivity (Wildman–Crippen MR) is 198 cm³/mol. The van der Waals surface area contributed by atoms with Gasteiger partial charge in [0.15, 0.2) is 0 Å². The Kier molecular flexibility index (Phi) is 6.46. The molecule has 222 valence electrons. The Hall–Kier alpha value is -6.32. The van der Waals surface area contributed by atoms with Crippen molar-refractivity contribution >= 4 is 77.6 Å². The van der Waals surface area contributed by atoms with Crippen molar-refractivity contribution in [1.82, 2.24) is 0 Å². The second-order valence-corrected chi connectivity index (χ2v) is 11.8. The van der Waals surface area contributed by atoms with Gasteiger partial charge in [-0.2, -0.15) is 0 Å². The maximum Gasteiger partial charge on any atom is 0.143 e. The molecule has 0 spiro atoms. The third-order valence-electron chi connectivity index (χ3n) is 8.98. The lowest BCUT2D eigenvalue weighted by molar-refractivity contribution is 0.676. The first-order valence-corrected chi connectivity index (χ1v) is 16.0. The van der Waals surface area contributed by atoms with E-state index in [9.17, 15) is 0 Å². The highest BCUT2D eigenvalue weighted by Crippen LogP contribution is 2.48. The van der Waals surface area contributed by atoms with Gasteiger partial charge in [-0.15, -0.1) is 0 Å². The van der Waals surface area contributed by atoms with Gasteiger partial charge in [0.1, 0.15) is 11.2 Å². The van der Waals surface area contributed by atoms with E-state index in [2.05, 4.69) is 192 Å². The average molecular weight is 603 g/mol. The van der Waals surface area contributed by atoms with E-state index in [0.717, 1.165) is 77.6 Å². The van der Waals surface area contributed by atoms with Crippen LogP contribution in [0.15, 0.2) is 186 Å². The molecule has 0 radical (unpaired) electrons. The summed E-state index contributed by atoms with van der Waals surface area (Å²) >= 11 is 0. The first kappa shape index (κ1) is 27.0. The van der Waals surface area contributed by atoms with Gasteiger partial charge in [0.2, 0.25) is 0 Å². The van der Waals surface area contributed by atoms with E-state index in [0.29, 0.717) is 0 Å². The van der Waals surface area contributed by atoms with Crippen LogP contribution in [0.3, 0.4) is 0 Å². The molecule has 0 amide bonds. The minimum Gasteiger partial charge on any atom is -0.455 e. The molecule has 3 nitrogen and oxygen atoms in total. The molecule has 0 N–H and O–H groups in total. The van der Waals surface area contributed by atoms with Crippen molar-refractivity contribution in [1.29, 1.82) is 0 Å². The highest BCUT2D eigenvalue weighted by molar-refractivity contribution is 6.25. The van der Waals surface area contributed by atoms with E-state index >= 15 is 0 Å². The largest absolute Gasteiger partial charge is 0.455 e. The SMILES string of the molecule is c1ccc(N(c2ccccc2)c2cc3c4cc(N(c5ccccc5)c5ccccc5)c5ccccc5c4oc3c3ccccc23)cc1. The van der Waals surface area contributed by atoms with Crippen LogP contribution < -0.4 is 9.80 Å². The Labute approximate surface area is 273 Å². The molecule has 47 heavy (non-hydrogen) atoms. The van der Waals surface area contributed by atoms with Crippen LogP contribution in [0, 0.1) is 0 Å². The van der Waals surface area contributed by atoms with E-state index in [-0.39, 0.29) is 0 Å². The zero-order valence-corrected chi connectivity index (χ0v) is 25.6. The summed E-state index contributed by atoms with van der Waals surface area (Å²) in [6.45, 7) is 0. The van der Waals surface area contributed by atoms with Crippen LogP contribution >= 0.6 is 0 Å². The standard InChI is InChI=1S/C44H30N2O/c1-5-17-31(18-6-1)45(32-19-7-2-8-20-32)41-29-39-40-30-42(46(33-21-9-3-10-22-33)34-23-11-4-12-24-34)36-26-14-16-28-38(36)44(40)47-43(39)37-27-15-13-25-35(37)41/h1-30H. The van der Waals surface area contributed by atoms with E-state index in [1.165, 1.54) is 0 Å². The second kappa shape index (κ2) is 11.2. The molecule has 9 rings (SSSR count). The van der Waals surface area contributed by atoms with Gasteiger partial charge in [-0.1, -0.05) is 121 Å². The van der Waals surface area contributed by atoms with Gasteiger partial charge < -0.3 is 14.2 Å². The van der Waals surface area contributed by atoms with Crippen molar-refractivity contribution in [2.24, 2.45) is 0 Å². The zero-order valence-electron chi connectivity index (χ0n) is 25.6. The fraction of sp³-hybridized carbons (Fsp3) is 0. The van der Waals surface area contributed by atoms with Crippen LogP contribution in [0.4, 0.5) is 34.1 Å². The number of furan rings is 1. The lowest BCUT2D eigenvalue weighted by Crippen LogP contribution is -2.10. The first-order chi connectivity index (χ1) is 23.3. The molecule has 0 unspecified atom stereocenters. The molecule has 0 aliphatic carbocycles. The molecule has 0 saturated heterocycles. The molecular formula is C44H30N2O. The number of hydrogen-bond acceptors (Lipinski definition) is 3. The zero-order chi connectivity index (χ0) is 31.2. The van der Waals surface area contributed by atoms with E-state index in [1.54, 1.807) is 0 Å². The third-order valence-corrected chi connectivity index (χ3v) is 8.98. The Morgan fingerprint density at radius 2 is 0.553 bits per heavy atom. The summed E-state index contributed by atoms with van der Waals surface area (Å²) < 4.78 is 6.93. The van der Waals surface area contributed by atoms with Crippen LogP contribution in [0.1, 0.15) is 0 Å². The van der Waals surface area contributed by atoms with Gasteiger partial charge in [0.25, 0.3) is 0 Å². The highest BCUT2D eigenvalue weighted by Gasteiger charge is 2.23. The summed E-state index contributed by atoms with van der Waals surface area (Å²) in [5, 5.41) is 6.60. The normalized spacial score (nSPS) is 11.4. The van der Waals surface area contributed by atoms with Crippen molar-refractivity contribution in [2.45, 2.75) is 0 Å². The molecular weight excluding hydrogens is 572 g/mol. The predicted octanol–water partition coefficient (Wildman–Crippen LogP) is 12.8. The lowest BCUT2D eigenvalue weighted by Gasteiger charge is -2.27. The Bertz CT molecular complexity index is 2250. The Balaban J connectivity index is 1.40. The topological polar surface area (TPSA) is 19.6 Å². The van der Waals surface area contributed by atoms with E-state index in [4.69, 9.17) is 4.42 Å². The van der Waals surface area contributed by atoms with Gasteiger partial charge in [-0.25, -0.2) is 0 Å². The monoisotopic (exact) mass is 602 g/mol. The number of anilines is 6. The number of nitrogens with zero attached hydrogens (tertiary/aromatic N) is 2. The van der Waals surface area contributed by atoms with Crippen LogP contribution in [0.2, 0.25) is 0 Å². The molecule has 1 aromatic heterocycles. The van der Waals surface area contributed by atoms with Crippen LogP contribution in [-0.4, -0.2) is 0 Å². The summed E-state index contributed by atoms with van der Waals surface area (Å²) in [5.74, 6) is 0.